The molecule has 16 heavy (non-hydrogen) atoms. The number of rotatable bonds is 6. The number of ether oxygens (including phenoxy) is 1. The molecule has 0 aliphatic carbocycles. The van der Waals surface area contributed by atoms with Crippen molar-refractivity contribution in [1.29, 1.82) is 0 Å². The van der Waals surface area contributed by atoms with Crippen LogP contribution in [0.2, 0.25) is 0 Å². The first kappa shape index (κ1) is 13.3. The lowest BCUT2D eigenvalue weighted by molar-refractivity contribution is 0.177. The van der Waals surface area contributed by atoms with E-state index in [1.165, 1.54) is 0 Å². The molecule has 1 fully saturated rings. The van der Waals surface area contributed by atoms with Gasteiger partial charge in [-0.15, -0.1) is 0 Å². The highest BCUT2D eigenvalue weighted by Crippen LogP contribution is 2.04. The number of urea groups is 1. The summed E-state index contributed by atoms with van der Waals surface area (Å²) < 4.78 is 5.23. The normalized spacial score (nSPS) is 19.8. The van der Waals surface area contributed by atoms with Crippen LogP contribution in [0.15, 0.2) is 0 Å². The van der Waals surface area contributed by atoms with Crippen LogP contribution in [0, 0.1) is 0 Å². The van der Waals surface area contributed by atoms with Crippen LogP contribution in [0.5, 0.6) is 0 Å². The van der Waals surface area contributed by atoms with Gasteiger partial charge in [0.15, 0.2) is 0 Å². The van der Waals surface area contributed by atoms with E-state index in [4.69, 9.17) is 10.5 Å². The van der Waals surface area contributed by atoms with E-state index in [1.54, 1.807) is 0 Å². The second-order valence-corrected chi connectivity index (χ2v) is 4.14. The predicted octanol–water partition coefficient (Wildman–Crippen LogP) is 0.546. The summed E-state index contributed by atoms with van der Waals surface area (Å²) in [6, 6.07) is 0.204. The second kappa shape index (κ2) is 7.46. The third kappa shape index (κ3) is 4.37. The highest BCUT2D eigenvalue weighted by atomic mass is 16.5. The van der Waals surface area contributed by atoms with Gasteiger partial charge in [-0.2, -0.15) is 0 Å². The first-order chi connectivity index (χ1) is 7.77. The van der Waals surface area contributed by atoms with Gasteiger partial charge in [0.25, 0.3) is 0 Å². The van der Waals surface area contributed by atoms with Gasteiger partial charge in [-0.3, -0.25) is 0 Å². The van der Waals surface area contributed by atoms with Gasteiger partial charge in [0.05, 0.1) is 12.6 Å². The predicted molar refractivity (Wildman–Crippen MR) is 63.3 cm³/mol. The molecule has 0 aromatic carbocycles. The lowest BCUT2D eigenvalue weighted by Crippen LogP contribution is -2.46. The molecule has 0 saturated carbocycles. The standard InChI is InChI=1S/C11H23N3O2/c1-2-6-14(7-3-5-12)11(15)13-10-4-8-16-9-10/h10H,2-9,12H2,1H3,(H,13,15). The van der Waals surface area contributed by atoms with Crippen molar-refractivity contribution < 1.29 is 9.53 Å². The smallest absolute Gasteiger partial charge is 0.317 e. The van der Waals surface area contributed by atoms with Crippen molar-refractivity contribution in [3.63, 3.8) is 0 Å². The molecule has 0 spiro atoms. The highest BCUT2D eigenvalue weighted by molar-refractivity contribution is 5.74. The molecule has 0 bridgehead atoms. The minimum absolute atomic E-state index is 0.0193. The van der Waals surface area contributed by atoms with Crippen molar-refractivity contribution in [2.45, 2.75) is 32.2 Å². The lowest BCUT2D eigenvalue weighted by atomic mass is 10.2. The van der Waals surface area contributed by atoms with Crippen molar-refractivity contribution in [3.8, 4) is 0 Å². The van der Waals surface area contributed by atoms with Crippen LogP contribution in [-0.2, 0) is 4.74 Å². The van der Waals surface area contributed by atoms with Gasteiger partial charge in [0.1, 0.15) is 0 Å². The van der Waals surface area contributed by atoms with E-state index in [1.807, 2.05) is 4.90 Å². The highest BCUT2D eigenvalue weighted by Gasteiger charge is 2.20. The molecule has 5 heteroatoms. The maximum atomic E-state index is 11.9. The van der Waals surface area contributed by atoms with Crippen molar-refractivity contribution >= 4 is 6.03 Å². The number of nitrogens with two attached hydrogens (primary N) is 1. The van der Waals surface area contributed by atoms with Gasteiger partial charge < -0.3 is 20.7 Å². The molecule has 2 amide bonds. The SMILES string of the molecule is CCCN(CCCN)C(=O)NC1CCOC1. The molecule has 0 aromatic heterocycles. The Morgan fingerprint density at radius 1 is 1.56 bits per heavy atom. The topological polar surface area (TPSA) is 67.6 Å². The first-order valence-electron chi connectivity index (χ1n) is 6.11. The fourth-order valence-electron chi connectivity index (χ4n) is 1.78. The molecule has 3 N–H and O–H groups in total. The fraction of sp³-hybridized carbons (Fsp3) is 0.909. The molecule has 1 aliphatic heterocycles. The van der Waals surface area contributed by atoms with Crippen LogP contribution >= 0.6 is 0 Å². The number of amides is 2. The van der Waals surface area contributed by atoms with Gasteiger partial charge >= 0.3 is 6.03 Å². The molecule has 5 nitrogen and oxygen atoms in total. The van der Waals surface area contributed by atoms with Gasteiger partial charge in [-0.05, 0) is 25.8 Å². The van der Waals surface area contributed by atoms with E-state index < -0.39 is 0 Å². The Labute approximate surface area is 97.3 Å². The number of nitrogens with zero attached hydrogens (tertiary/aromatic N) is 1. The Morgan fingerprint density at radius 3 is 2.94 bits per heavy atom. The van der Waals surface area contributed by atoms with Crippen LogP contribution in [-0.4, -0.2) is 49.8 Å². The molecule has 0 radical (unpaired) electrons. The molecular weight excluding hydrogens is 206 g/mol. The third-order valence-electron chi connectivity index (χ3n) is 2.67. The summed E-state index contributed by atoms with van der Waals surface area (Å²) >= 11 is 0. The Balaban J connectivity index is 2.32. The lowest BCUT2D eigenvalue weighted by Gasteiger charge is -2.24. The van der Waals surface area contributed by atoms with Gasteiger partial charge in [-0.25, -0.2) is 4.79 Å². The maximum Gasteiger partial charge on any atom is 0.317 e. The molecule has 1 heterocycles. The quantitative estimate of drug-likeness (QED) is 0.699. The zero-order chi connectivity index (χ0) is 11.8. The van der Waals surface area contributed by atoms with Crippen molar-refractivity contribution in [1.82, 2.24) is 10.2 Å². The van der Waals surface area contributed by atoms with Crippen LogP contribution in [0.3, 0.4) is 0 Å². The molecule has 1 rings (SSSR count). The van der Waals surface area contributed by atoms with E-state index in [2.05, 4.69) is 12.2 Å². The van der Waals surface area contributed by atoms with E-state index in [-0.39, 0.29) is 12.1 Å². The zero-order valence-electron chi connectivity index (χ0n) is 10.1. The zero-order valence-corrected chi connectivity index (χ0v) is 10.1. The molecule has 1 atom stereocenters. The summed E-state index contributed by atoms with van der Waals surface area (Å²) in [6.45, 7) is 5.62. The van der Waals surface area contributed by atoms with Crippen LogP contribution in [0.25, 0.3) is 0 Å². The average molecular weight is 229 g/mol. The summed E-state index contributed by atoms with van der Waals surface area (Å²) in [5, 5.41) is 2.99. The van der Waals surface area contributed by atoms with Crippen molar-refractivity contribution in [2.75, 3.05) is 32.8 Å². The molecule has 1 unspecified atom stereocenters. The summed E-state index contributed by atoms with van der Waals surface area (Å²) in [4.78, 5) is 13.8. The van der Waals surface area contributed by atoms with E-state index in [0.717, 1.165) is 39.0 Å². The van der Waals surface area contributed by atoms with E-state index in [9.17, 15) is 4.79 Å². The van der Waals surface area contributed by atoms with Crippen LogP contribution in [0.1, 0.15) is 26.2 Å². The number of hydrogen-bond donors (Lipinski definition) is 2. The largest absolute Gasteiger partial charge is 0.379 e. The van der Waals surface area contributed by atoms with Crippen molar-refractivity contribution in [3.05, 3.63) is 0 Å². The number of hydrogen-bond acceptors (Lipinski definition) is 3. The van der Waals surface area contributed by atoms with E-state index >= 15 is 0 Å². The molecule has 0 aromatic rings. The Bertz CT molecular complexity index is 205. The first-order valence-corrected chi connectivity index (χ1v) is 6.11. The molecular formula is C11H23N3O2. The maximum absolute atomic E-state index is 11.9. The number of carbonyl (C=O) groups is 1. The second-order valence-electron chi connectivity index (χ2n) is 4.14. The van der Waals surface area contributed by atoms with Crippen LogP contribution in [0.4, 0.5) is 4.79 Å². The van der Waals surface area contributed by atoms with Crippen LogP contribution < -0.4 is 11.1 Å². The summed E-state index contributed by atoms with van der Waals surface area (Å²) in [7, 11) is 0. The monoisotopic (exact) mass is 229 g/mol. The summed E-state index contributed by atoms with van der Waals surface area (Å²) in [5.74, 6) is 0. The minimum atomic E-state index is 0.0193. The average Bonchev–Trinajstić information content (AvgIpc) is 2.76. The summed E-state index contributed by atoms with van der Waals surface area (Å²) in [5.41, 5.74) is 5.46. The van der Waals surface area contributed by atoms with E-state index in [0.29, 0.717) is 13.2 Å². The Kier molecular flexibility index (Phi) is 6.18. The van der Waals surface area contributed by atoms with Gasteiger partial charge in [0, 0.05) is 19.7 Å². The molecule has 1 aliphatic rings. The minimum Gasteiger partial charge on any atom is -0.379 e. The molecule has 94 valence electrons. The number of carbonyl (C=O) groups excluding carboxylic acids is 1. The van der Waals surface area contributed by atoms with Gasteiger partial charge in [0.2, 0.25) is 0 Å². The van der Waals surface area contributed by atoms with Gasteiger partial charge in [-0.1, -0.05) is 6.92 Å². The summed E-state index contributed by atoms with van der Waals surface area (Å²) in [6.07, 6.45) is 2.75. The third-order valence-corrected chi connectivity index (χ3v) is 2.67. The number of nitrogens with one attached hydrogen (secondary N) is 1. The molecule has 1 saturated heterocycles. The van der Waals surface area contributed by atoms with Crippen molar-refractivity contribution in [2.24, 2.45) is 5.73 Å². The Hall–Kier alpha value is -0.810. The Morgan fingerprint density at radius 2 is 2.38 bits per heavy atom. The fourth-order valence-corrected chi connectivity index (χ4v) is 1.78.